The Morgan fingerprint density at radius 2 is 2.16 bits per heavy atom. The predicted molar refractivity (Wildman–Crippen MR) is 68.3 cm³/mol. The van der Waals surface area contributed by atoms with E-state index in [1.165, 1.54) is 10.9 Å². The number of rotatable bonds is 4. The van der Waals surface area contributed by atoms with E-state index in [1.54, 1.807) is 31.3 Å². The molecule has 2 aromatic rings. The summed E-state index contributed by atoms with van der Waals surface area (Å²) in [6.07, 6.45) is 1.35. The van der Waals surface area contributed by atoms with Crippen LogP contribution in [0.1, 0.15) is 11.1 Å². The fraction of sp³-hybridized carbons (Fsp3) is 0.167. The molecule has 0 spiro atoms. The lowest BCUT2D eigenvalue weighted by Crippen LogP contribution is -2.02. The molecular weight excluding hydrogens is 246 g/mol. The second-order valence-electron chi connectivity index (χ2n) is 3.96. The third-order valence-corrected chi connectivity index (χ3v) is 2.55. The molecule has 19 heavy (non-hydrogen) atoms. The topological polar surface area (TPSA) is 96.8 Å². The summed E-state index contributed by atoms with van der Waals surface area (Å²) in [4.78, 5) is 10.3. The molecule has 0 saturated carbocycles. The summed E-state index contributed by atoms with van der Waals surface area (Å²) in [7, 11) is 1.62. The highest BCUT2D eigenvalue weighted by molar-refractivity contribution is 5.54. The highest BCUT2D eigenvalue weighted by Gasteiger charge is 2.17. The van der Waals surface area contributed by atoms with Crippen LogP contribution in [0.15, 0.2) is 30.5 Å². The fourth-order valence-corrected chi connectivity index (χ4v) is 1.62. The van der Waals surface area contributed by atoms with E-state index in [0.717, 1.165) is 5.56 Å². The first-order valence-corrected chi connectivity index (χ1v) is 5.51. The molecule has 1 N–H and O–H groups in total. The van der Waals surface area contributed by atoms with E-state index in [-0.39, 0.29) is 11.5 Å². The largest absolute Gasteiger partial charge is 0.359 e. The molecule has 96 valence electrons. The summed E-state index contributed by atoms with van der Waals surface area (Å²) >= 11 is 0. The Bertz CT molecular complexity index is 639. The molecule has 0 unspecified atom stereocenters. The van der Waals surface area contributed by atoms with Gasteiger partial charge in [-0.15, -0.1) is 5.10 Å². The summed E-state index contributed by atoms with van der Waals surface area (Å²) < 4.78 is 1.39. The van der Waals surface area contributed by atoms with Gasteiger partial charge in [0.1, 0.15) is 6.20 Å². The molecular formula is C12H11N5O2. The van der Waals surface area contributed by atoms with Crippen LogP contribution in [-0.2, 0) is 13.6 Å². The highest BCUT2D eigenvalue weighted by atomic mass is 16.6. The van der Waals surface area contributed by atoms with E-state index >= 15 is 0 Å². The third kappa shape index (κ3) is 2.87. The zero-order valence-corrected chi connectivity index (χ0v) is 10.2. The van der Waals surface area contributed by atoms with Crippen LogP contribution in [0.25, 0.3) is 0 Å². The van der Waals surface area contributed by atoms with Crippen molar-refractivity contribution in [3.8, 4) is 6.07 Å². The molecule has 1 aromatic heterocycles. The molecule has 1 heterocycles. The van der Waals surface area contributed by atoms with Crippen molar-refractivity contribution in [2.75, 3.05) is 5.32 Å². The van der Waals surface area contributed by atoms with Crippen LogP contribution >= 0.6 is 0 Å². The smallest absolute Gasteiger partial charge is 0.330 e. The Balaban J connectivity index is 2.10. The summed E-state index contributed by atoms with van der Waals surface area (Å²) in [5.74, 6) is 0.233. The van der Waals surface area contributed by atoms with Gasteiger partial charge in [-0.3, -0.25) is 14.8 Å². The van der Waals surface area contributed by atoms with E-state index in [4.69, 9.17) is 5.26 Å². The molecule has 0 aliphatic rings. The minimum Gasteiger partial charge on any atom is -0.359 e. The van der Waals surface area contributed by atoms with Crippen LogP contribution in [0.4, 0.5) is 11.5 Å². The number of nitrogens with zero attached hydrogens (tertiary/aromatic N) is 4. The van der Waals surface area contributed by atoms with Crippen LogP contribution in [0.5, 0.6) is 0 Å². The summed E-state index contributed by atoms with van der Waals surface area (Å²) in [6, 6.07) is 9.01. The quantitative estimate of drug-likeness (QED) is 0.665. The van der Waals surface area contributed by atoms with Crippen molar-refractivity contribution in [1.82, 2.24) is 9.78 Å². The molecule has 0 saturated heterocycles. The lowest BCUT2D eigenvalue weighted by molar-refractivity contribution is -0.384. The Hall–Kier alpha value is -2.88. The third-order valence-electron chi connectivity index (χ3n) is 2.55. The van der Waals surface area contributed by atoms with E-state index in [2.05, 4.69) is 10.4 Å². The minimum absolute atomic E-state index is 0.0591. The van der Waals surface area contributed by atoms with Gasteiger partial charge < -0.3 is 5.32 Å². The maximum Gasteiger partial charge on any atom is 0.330 e. The van der Waals surface area contributed by atoms with Gasteiger partial charge in [-0.05, 0) is 17.7 Å². The molecule has 0 fully saturated rings. The average molecular weight is 257 g/mol. The first kappa shape index (κ1) is 12.6. The van der Waals surface area contributed by atoms with Crippen molar-refractivity contribution < 1.29 is 4.92 Å². The van der Waals surface area contributed by atoms with Gasteiger partial charge in [0.25, 0.3) is 0 Å². The van der Waals surface area contributed by atoms with Crippen molar-refractivity contribution in [1.29, 1.82) is 5.26 Å². The molecule has 1 aromatic carbocycles. The molecule has 2 rings (SSSR count). The Morgan fingerprint density at radius 1 is 1.47 bits per heavy atom. The normalized spacial score (nSPS) is 9.89. The van der Waals surface area contributed by atoms with Gasteiger partial charge >= 0.3 is 5.69 Å². The average Bonchev–Trinajstić information content (AvgIpc) is 2.78. The lowest BCUT2D eigenvalue weighted by Gasteiger charge is -2.03. The van der Waals surface area contributed by atoms with Gasteiger partial charge in [0, 0.05) is 13.6 Å². The molecule has 0 amide bonds. The second kappa shape index (κ2) is 5.18. The SMILES string of the molecule is Cn1cc([N+](=O)[O-])c(NCc2ccc(C#N)cc2)n1. The summed E-state index contributed by atoms with van der Waals surface area (Å²) in [5, 5.41) is 26.4. The highest BCUT2D eigenvalue weighted by Crippen LogP contribution is 2.21. The van der Waals surface area contributed by atoms with Gasteiger partial charge in [0.15, 0.2) is 0 Å². The number of hydrogen-bond donors (Lipinski definition) is 1. The number of hydrogen-bond acceptors (Lipinski definition) is 5. The Kier molecular flexibility index (Phi) is 3.43. The van der Waals surface area contributed by atoms with Gasteiger partial charge in [-0.2, -0.15) is 5.26 Å². The monoisotopic (exact) mass is 257 g/mol. The van der Waals surface area contributed by atoms with Crippen molar-refractivity contribution >= 4 is 11.5 Å². The molecule has 0 radical (unpaired) electrons. The zero-order chi connectivity index (χ0) is 13.8. The minimum atomic E-state index is -0.478. The summed E-state index contributed by atoms with van der Waals surface area (Å²) in [5.41, 5.74) is 1.43. The molecule has 7 heteroatoms. The number of aromatic nitrogens is 2. The maximum atomic E-state index is 10.8. The Morgan fingerprint density at radius 3 is 2.74 bits per heavy atom. The standard InChI is InChI=1S/C12H11N5O2/c1-16-8-11(17(18)19)12(15-16)14-7-10-4-2-9(6-13)3-5-10/h2-5,8H,7H2,1H3,(H,14,15). The summed E-state index contributed by atoms with van der Waals surface area (Å²) in [6.45, 7) is 0.406. The van der Waals surface area contributed by atoms with E-state index in [9.17, 15) is 10.1 Å². The zero-order valence-electron chi connectivity index (χ0n) is 10.2. The van der Waals surface area contributed by atoms with Crippen molar-refractivity contribution in [3.05, 3.63) is 51.7 Å². The van der Waals surface area contributed by atoms with Crippen LogP contribution in [0.2, 0.25) is 0 Å². The van der Waals surface area contributed by atoms with Crippen molar-refractivity contribution in [2.45, 2.75) is 6.54 Å². The van der Waals surface area contributed by atoms with Crippen LogP contribution in [-0.4, -0.2) is 14.7 Å². The van der Waals surface area contributed by atoms with Crippen LogP contribution in [0, 0.1) is 21.4 Å². The number of aryl methyl sites for hydroxylation is 1. The van der Waals surface area contributed by atoms with Crippen molar-refractivity contribution in [2.24, 2.45) is 7.05 Å². The fourth-order valence-electron chi connectivity index (χ4n) is 1.62. The van der Waals surface area contributed by atoms with Gasteiger partial charge in [-0.25, -0.2) is 0 Å². The number of anilines is 1. The number of nitrogens with one attached hydrogen (secondary N) is 1. The molecule has 0 aliphatic carbocycles. The number of nitriles is 1. The molecule has 0 atom stereocenters. The Labute approximate surface area is 109 Å². The molecule has 0 aliphatic heterocycles. The van der Waals surface area contributed by atoms with E-state index in [0.29, 0.717) is 12.1 Å². The first-order valence-electron chi connectivity index (χ1n) is 5.51. The predicted octanol–water partition coefficient (Wildman–Crippen LogP) is 1.81. The van der Waals surface area contributed by atoms with Gasteiger partial charge in [-0.1, -0.05) is 12.1 Å². The molecule has 0 bridgehead atoms. The van der Waals surface area contributed by atoms with Crippen LogP contribution in [0.3, 0.4) is 0 Å². The second-order valence-corrected chi connectivity index (χ2v) is 3.96. The van der Waals surface area contributed by atoms with Gasteiger partial charge in [0.05, 0.1) is 16.6 Å². The first-order chi connectivity index (χ1) is 9.10. The van der Waals surface area contributed by atoms with Crippen molar-refractivity contribution in [3.63, 3.8) is 0 Å². The molecule has 7 nitrogen and oxygen atoms in total. The van der Waals surface area contributed by atoms with E-state index in [1.807, 2.05) is 6.07 Å². The number of nitro groups is 1. The van der Waals surface area contributed by atoms with E-state index < -0.39 is 4.92 Å². The lowest BCUT2D eigenvalue weighted by atomic mass is 10.1. The van der Waals surface area contributed by atoms with Crippen LogP contribution < -0.4 is 5.32 Å². The van der Waals surface area contributed by atoms with Gasteiger partial charge in [0.2, 0.25) is 5.82 Å². The maximum absolute atomic E-state index is 10.8. The number of benzene rings is 1.